The van der Waals surface area contributed by atoms with E-state index in [1.165, 1.54) is 16.8 Å². The SMILES string of the molecule is CNC1=CCC2(C)CCN(c3nnc(Cc4ccc(-n5cccn5)cc4)s3)CC2=C1. The second kappa shape index (κ2) is 7.72. The third-order valence-corrected chi connectivity index (χ3v) is 7.23. The number of fused-ring (bicyclic) bond motifs is 1. The third-order valence-electron chi connectivity index (χ3n) is 6.25. The smallest absolute Gasteiger partial charge is 0.208 e. The largest absolute Gasteiger partial charge is 0.388 e. The Morgan fingerprint density at radius 1 is 1.20 bits per heavy atom. The van der Waals surface area contributed by atoms with Crippen LogP contribution < -0.4 is 10.2 Å². The molecule has 5 rings (SSSR count). The number of aromatic nitrogens is 4. The van der Waals surface area contributed by atoms with Crippen LogP contribution in [0.1, 0.15) is 30.3 Å². The highest BCUT2D eigenvalue weighted by atomic mass is 32.1. The number of nitrogens with zero attached hydrogens (tertiary/aromatic N) is 5. The van der Waals surface area contributed by atoms with Gasteiger partial charge in [0.15, 0.2) is 0 Å². The van der Waals surface area contributed by atoms with Gasteiger partial charge in [-0.2, -0.15) is 5.10 Å². The van der Waals surface area contributed by atoms with Crippen LogP contribution in [0.15, 0.2) is 66.1 Å². The van der Waals surface area contributed by atoms with Crippen molar-refractivity contribution in [3.8, 4) is 5.69 Å². The fourth-order valence-corrected chi connectivity index (χ4v) is 5.09. The van der Waals surface area contributed by atoms with E-state index >= 15 is 0 Å². The van der Waals surface area contributed by atoms with E-state index in [0.717, 1.165) is 48.2 Å². The fourth-order valence-electron chi connectivity index (χ4n) is 4.20. The number of nitrogens with one attached hydrogen (secondary N) is 1. The predicted molar refractivity (Wildman–Crippen MR) is 121 cm³/mol. The molecule has 1 aliphatic carbocycles. The van der Waals surface area contributed by atoms with E-state index in [1.54, 1.807) is 17.5 Å². The standard InChI is InChI=1S/C23H26N6S/c1-23-9-8-19(24-2)15-18(23)16-28(13-10-23)22-27-26-21(30-22)14-17-4-6-20(7-5-17)29-12-3-11-25-29/h3-8,11-12,15,24H,9-10,13-14,16H2,1-2H3. The molecule has 0 saturated carbocycles. The summed E-state index contributed by atoms with van der Waals surface area (Å²) in [6.45, 7) is 4.35. The van der Waals surface area contributed by atoms with Gasteiger partial charge in [0.05, 0.1) is 5.69 Å². The lowest BCUT2D eigenvalue weighted by molar-refractivity contribution is 0.332. The Bertz CT molecular complexity index is 1080. The van der Waals surface area contributed by atoms with E-state index in [1.807, 2.05) is 24.0 Å². The van der Waals surface area contributed by atoms with Gasteiger partial charge in [0.2, 0.25) is 5.13 Å². The number of rotatable bonds is 5. The zero-order chi connectivity index (χ0) is 20.6. The quantitative estimate of drug-likeness (QED) is 0.680. The summed E-state index contributed by atoms with van der Waals surface area (Å²) in [4.78, 5) is 2.38. The van der Waals surface area contributed by atoms with Gasteiger partial charge in [-0.05, 0) is 53.7 Å². The Morgan fingerprint density at radius 3 is 2.83 bits per heavy atom. The molecule has 6 nitrogen and oxygen atoms in total. The third kappa shape index (κ3) is 3.65. The van der Waals surface area contributed by atoms with E-state index in [-0.39, 0.29) is 5.41 Å². The Morgan fingerprint density at radius 2 is 2.07 bits per heavy atom. The van der Waals surface area contributed by atoms with Crippen molar-refractivity contribution in [3.63, 3.8) is 0 Å². The minimum atomic E-state index is 0.278. The van der Waals surface area contributed by atoms with Crippen molar-refractivity contribution in [2.24, 2.45) is 5.41 Å². The topological polar surface area (TPSA) is 58.9 Å². The summed E-state index contributed by atoms with van der Waals surface area (Å²) >= 11 is 1.71. The molecule has 0 radical (unpaired) electrons. The van der Waals surface area contributed by atoms with E-state index in [2.05, 4.69) is 68.9 Å². The maximum absolute atomic E-state index is 4.52. The van der Waals surface area contributed by atoms with Gasteiger partial charge in [0, 0.05) is 44.6 Å². The molecular weight excluding hydrogens is 392 g/mol. The van der Waals surface area contributed by atoms with E-state index in [9.17, 15) is 0 Å². The van der Waals surface area contributed by atoms with Crippen molar-refractivity contribution >= 4 is 16.5 Å². The number of likely N-dealkylation sites (N-methyl/N-ethyl adjacent to an activating group) is 1. The molecule has 30 heavy (non-hydrogen) atoms. The van der Waals surface area contributed by atoms with Crippen LogP contribution >= 0.6 is 11.3 Å². The molecule has 154 valence electrons. The Kier molecular flexibility index (Phi) is 4.90. The van der Waals surface area contributed by atoms with Crippen LogP contribution in [0.3, 0.4) is 0 Å². The average Bonchev–Trinajstić information content (AvgIpc) is 3.46. The fraction of sp³-hybridized carbons (Fsp3) is 0.348. The van der Waals surface area contributed by atoms with Crippen LogP contribution in [-0.2, 0) is 6.42 Å². The summed E-state index contributed by atoms with van der Waals surface area (Å²) in [5.74, 6) is 0. The molecule has 0 amide bonds. The van der Waals surface area contributed by atoms with Crippen LogP contribution in [0.5, 0.6) is 0 Å². The summed E-state index contributed by atoms with van der Waals surface area (Å²) < 4.78 is 1.87. The molecule has 1 N–H and O–H groups in total. The zero-order valence-electron chi connectivity index (χ0n) is 17.4. The maximum atomic E-state index is 4.52. The van der Waals surface area contributed by atoms with Crippen molar-refractivity contribution < 1.29 is 0 Å². The molecule has 1 aliphatic heterocycles. The summed E-state index contributed by atoms with van der Waals surface area (Å²) in [5.41, 5.74) is 5.29. The van der Waals surface area contributed by atoms with Crippen LogP contribution in [0.2, 0.25) is 0 Å². The van der Waals surface area contributed by atoms with Crippen molar-refractivity contribution in [1.29, 1.82) is 0 Å². The molecule has 1 atom stereocenters. The average molecular weight is 419 g/mol. The highest BCUT2D eigenvalue weighted by Gasteiger charge is 2.36. The normalized spacial score (nSPS) is 21.1. The molecule has 3 heterocycles. The summed E-state index contributed by atoms with van der Waals surface area (Å²) in [7, 11) is 1.99. The molecule has 3 aromatic rings. The zero-order valence-corrected chi connectivity index (χ0v) is 18.2. The van der Waals surface area contributed by atoms with E-state index in [0.29, 0.717) is 0 Å². The molecule has 1 saturated heterocycles. The first-order chi connectivity index (χ1) is 14.6. The van der Waals surface area contributed by atoms with Gasteiger partial charge in [0.1, 0.15) is 5.01 Å². The Labute approximate surface area is 180 Å². The van der Waals surface area contributed by atoms with Crippen molar-refractivity contribution in [2.45, 2.75) is 26.2 Å². The Balaban J connectivity index is 1.28. The van der Waals surface area contributed by atoms with Crippen molar-refractivity contribution in [2.75, 3.05) is 25.0 Å². The first-order valence-electron chi connectivity index (χ1n) is 10.4. The van der Waals surface area contributed by atoms with Crippen LogP contribution in [0.4, 0.5) is 5.13 Å². The monoisotopic (exact) mass is 418 g/mol. The molecule has 0 bridgehead atoms. The molecule has 2 aromatic heterocycles. The van der Waals surface area contributed by atoms with E-state index < -0.39 is 0 Å². The molecule has 0 spiro atoms. The predicted octanol–water partition coefficient (Wildman–Crippen LogP) is 3.96. The van der Waals surface area contributed by atoms with Gasteiger partial charge in [-0.15, -0.1) is 10.2 Å². The van der Waals surface area contributed by atoms with Gasteiger partial charge < -0.3 is 10.2 Å². The Hall–Kier alpha value is -2.93. The first kappa shape index (κ1) is 19.1. The highest BCUT2D eigenvalue weighted by molar-refractivity contribution is 7.15. The minimum Gasteiger partial charge on any atom is -0.388 e. The molecule has 7 heteroatoms. The van der Waals surface area contributed by atoms with Crippen molar-refractivity contribution in [1.82, 2.24) is 25.3 Å². The maximum Gasteiger partial charge on any atom is 0.208 e. The van der Waals surface area contributed by atoms with Crippen LogP contribution in [0, 0.1) is 5.41 Å². The minimum absolute atomic E-state index is 0.278. The van der Waals surface area contributed by atoms with Gasteiger partial charge in [-0.25, -0.2) is 4.68 Å². The van der Waals surface area contributed by atoms with Crippen LogP contribution in [-0.4, -0.2) is 40.1 Å². The van der Waals surface area contributed by atoms with Crippen LogP contribution in [0.25, 0.3) is 5.69 Å². The summed E-state index contributed by atoms with van der Waals surface area (Å²) in [6, 6.07) is 10.4. The molecule has 2 aliphatic rings. The molecular formula is C23H26N6S. The second-order valence-electron chi connectivity index (χ2n) is 8.29. The lowest BCUT2D eigenvalue weighted by atomic mass is 9.71. The number of piperidine rings is 1. The summed E-state index contributed by atoms with van der Waals surface area (Å²) in [6.07, 6.45) is 11.4. The molecule has 1 unspecified atom stereocenters. The molecule has 1 fully saturated rings. The number of hydrogen-bond donors (Lipinski definition) is 1. The lowest BCUT2D eigenvalue weighted by Gasteiger charge is -2.43. The molecule has 1 aromatic carbocycles. The summed E-state index contributed by atoms with van der Waals surface area (Å²) in [5, 5.41) is 18.6. The lowest BCUT2D eigenvalue weighted by Crippen LogP contribution is -2.42. The number of anilines is 1. The van der Waals surface area contributed by atoms with Crippen molar-refractivity contribution in [3.05, 3.63) is 76.7 Å². The van der Waals surface area contributed by atoms with E-state index in [4.69, 9.17) is 0 Å². The number of hydrogen-bond acceptors (Lipinski definition) is 6. The van der Waals surface area contributed by atoms with Gasteiger partial charge in [-0.1, -0.05) is 36.5 Å². The van der Waals surface area contributed by atoms with Gasteiger partial charge in [-0.3, -0.25) is 0 Å². The first-order valence-corrected chi connectivity index (χ1v) is 11.2. The number of allylic oxidation sites excluding steroid dienone is 2. The number of benzene rings is 1. The highest BCUT2D eigenvalue weighted by Crippen LogP contribution is 2.43. The second-order valence-corrected chi connectivity index (χ2v) is 9.33. The van der Waals surface area contributed by atoms with Gasteiger partial charge in [0.25, 0.3) is 0 Å². The van der Waals surface area contributed by atoms with Gasteiger partial charge >= 0.3 is 0 Å².